The maximum Gasteiger partial charge on any atom is 0.141 e. The van der Waals surface area contributed by atoms with Crippen LogP contribution < -0.4 is 5.32 Å². The Labute approximate surface area is 106 Å². The molecule has 0 saturated heterocycles. The highest BCUT2D eigenvalue weighted by Gasteiger charge is 2.18. The van der Waals surface area contributed by atoms with Gasteiger partial charge in [-0.05, 0) is 32.0 Å². The van der Waals surface area contributed by atoms with Crippen LogP contribution in [0.2, 0.25) is 0 Å². The van der Waals surface area contributed by atoms with Gasteiger partial charge in [0.1, 0.15) is 5.82 Å². The van der Waals surface area contributed by atoms with E-state index in [0.29, 0.717) is 0 Å². The lowest BCUT2D eigenvalue weighted by molar-refractivity contribution is 0.504. The van der Waals surface area contributed by atoms with Crippen molar-refractivity contribution in [1.82, 2.24) is 20.1 Å². The molecule has 0 radical (unpaired) electrons. The maximum atomic E-state index is 12.9. The van der Waals surface area contributed by atoms with Crippen LogP contribution in [-0.2, 0) is 7.05 Å². The van der Waals surface area contributed by atoms with Crippen molar-refractivity contribution in [2.75, 3.05) is 0 Å². The molecule has 0 spiro atoms. The zero-order valence-electron chi connectivity index (χ0n) is 10.8. The van der Waals surface area contributed by atoms with Gasteiger partial charge in [0, 0.05) is 19.3 Å². The number of aryl methyl sites for hydroxylation is 1. The molecule has 4 nitrogen and oxygen atoms in total. The van der Waals surface area contributed by atoms with Gasteiger partial charge in [0.05, 0.1) is 23.6 Å². The fraction of sp³-hybridized carbons (Fsp3) is 0.385. The summed E-state index contributed by atoms with van der Waals surface area (Å²) in [5.41, 5.74) is 1.65. The molecule has 0 bridgehead atoms. The summed E-state index contributed by atoms with van der Waals surface area (Å²) in [6.07, 6.45) is 3.11. The van der Waals surface area contributed by atoms with Gasteiger partial charge in [0.25, 0.3) is 0 Å². The fourth-order valence-corrected chi connectivity index (χ4v) is 1.80. The molecule has 0 aliphatic rings. The number of rotatable bonds is 4. The van der Waals surface area contributed by atoms with Crippen LogP contribution in [0.15, 0.2) is 30.6 Å². The highest BCUT2D eigenvalue weighted by Crippen LogP contribution is 2.19. The molecule has 2 aromatic rings. The van der Waals surface area contributed by atoms with Crippen LogP contribution in [0.25, 0.3) is 0 Å². The molecule has 0 saturated carbocycles. The van der Waals surface area contributed by atoms with Gasteiger partial charge in [-0.15, -0.1) is 0 Å². The van der Waals surface area contributed by atoms with E-state index in [0.717, 1.165) is 11.4 Å². The first-order chi connectivity index (χ1) is 8.56. The van der Waals surface area contributed by atoms with Gasteiger partial charge in [-0.25, -0.2) is 4.39 Å². The number of hydrogen-bond acceptors (Lipinski definition) is 3. The Kier molecular flexibility index (Phi) is 3.72. The molecule has 96 valence electrons. The molecule has 5 heteroatoms. The van der Waals surface area contributed by atoms with E-state index < -0.39 is 0 Å². The molecular weight excluding hydrogens is 231 g/mol. The second-order valence-electron chi connectivity index (χ2n) is 4.57. The second kappa shape index (κ2) is 5.27. The van der Waals surface area contributed by atoms with Crippen molar-refractivity contribution in [2.24, 2.45) is 7.05 Å². The average molecular weight is 248 g/mol. The summed E-state index contributed by atoms with van der Waals surface area (Å²) >= 11 is 0. The van der Waals surface area contributed by atoms with E-state index in [1.807, 2.05) is 19.3 Å². The van der Waals surface area contributed by atoms with Gasteiger partial charge in [-0.3, -0.25) is 9.67 Å². The van der Waals surface area contributed by atoms with E-state index in [1.165, 1.54) is 12.3 Å². The van der Waals surface area contributed by atoms with Crippen molar-refractivity contribution in [2.45, 2.75) is 25.9 Å². The summed E-state index contributed by atoms with van der Waals surface area (Å²) in [7, 11) is 1.87. The third-order valence-electron chi connectivity index (χ3n) is 2.58. The molecule has 2 heterocycles. The van der Waals surface area contributed by atoms with Gasteiger partial charge < -0.3 is 5.32 Å². The van der Waals surface area contributed by atoms with Gasteiger partial charge in [0.2, 0.25) is 0 Å². The van der Waals surface area contributed by atoms with Crippen molar-refractivity contribution in [1.29, 1.82) is 0 Å². The molecule has 2 aromatic heterocycles. The van der Waals surface area contributed by atoms with Crippen LogP contribution in [0, 0.1) is 5.82 Å². The Bertz CT molecular complexity index is 504. The third-order valence-corrected chi connectivity index (χ3v) is 2.58. The van der Waals surface area contributed by atoms with Crippen LogP contribution in [0.3, 0.4) is 0 Å². The highest BCUT2D eigenvalue weighted by atomic mass is 19.1. The molecule has 0 fully saturated rings. The summed E-state index contributed by atoms with van der Waals surface area (Å²) in [5.74, 6) is -0.330. The van der Waals surface area contributed by atoms with Crippen molar-refractivity contribution >= 4 is 0 Å². The van der Waals surface area contributed by atoms with Crippen molar-refractivity contribution < 1.29 is 4.39 Å². The minimum absolute atomic E-state index is 0.119. The number of aromatic nitrogens is 3. The average Bonchev–Trinajstić information content (AvgIpc) is 2.74. The largest absolute Gasteiger partial charge is 0.301 e. The summed E-state index contributed by atoms with van der Waals surface area (Å²) in [6, 6.07) is 5.20. The minimum Gasteiger partial charge on any atom is -0.301 e. The molecule has 18 heavy (non-hydrogen) atoms. The molecule has 0 aliphatic carbocycles. The van der Waals surface area contributed by atoms with E-state index in [9.17, 15) is 4.39 Å². The van der Waals surface area contributed by atoms with Crippen LogP contribution >= 0.6 is 0 Å². The SMILES string of the molecule is CC(C)NC(c1ccc(F)cn1)c1ccn(C)n1. The lowest BCUT2D eigenvalue weighted by Gasteiger charge is -2.19. The lowest BCUT2D eigenvalue weighted by atomic mass is 10.1. The maximum absolute atomic E-state index is 12.9. The second-order valence-corrected chi connectivity index (χ2v) is 4.57. The van der Waals surface area contributed by atoms with Crippen molar-refractivity contribution in [3.63, 3.8) is 0 Å². The monoisotopic (exact) mass is 248 g/mol. The zero-order chi connectivity index (χ0) is 13.1. The first-order valence-corrected chi connectivity index (χ1v) is 5.93. The number of pyridine rings is 1. The van der Waals surface area contributed by atoms with Crippen molar-refractivity contribution in [3.8, 4) is 0 Å². The first-order valence-electron chi connectivity index (χ1n) is 5.93. The van der Waals surface area contributed by atoms with Gasteiger partial charge >= 0.3 is 0 Å². The van der Waals surface area contributed by atoms with Crippen molar-refractivity contribution in [3.05, 3.63) is 47.8 Å². The van der Waals surface area contributed by atoms with Gasteiger partial charge in [0.15, 0.2) is 0 Å². The number of nitrogens with one attached hydrogen (secondary N) is 1. The van der Waals surface area contributed by atoms with E-state index in [-0.39, 0.29) is 17.9 Å². The molecule has 1 unspecified atom stereocenters. The minimum atomic E-state index is -0.330. The Hall–Kier alpha value is -1.75. The Morgan fingerprint density at radius 2 is 2.00 bits per heavy atom. The Morgan fingerprint density at radius 3 is 2.50 bits per heavy atom. The summed E-state index contributed by atoms with van der Waals surface area (Å²) < 4.78 is 14.7. The Balaban J connectivity index is 2.33. The third kappa shape index (κ3) is 2.92. The standard InChI is InChI=1S/C13H17FN4/c1-9(2)16-13(12-6-7-18(3)17-12)11-5-4-10(14)8-15-11/h4-9,13,16H,1-3H3. The van der Waals surface area contributed by atoms with E-state index in [4.69, 9.17) is 0 Å². The van der Waals surface area contributed by atoms with Crippen LogP contribution in [-0.4, -0.2) is 20.8 Å². The summed E-state index contributed by atoms with van der Waals surface area (Å²) in [6.45, 7) is 4.11. The lowest BCUT2D eigenvalue weighted by Crippen LogP contribution is -2.30. The van der Waals surface area contributed by atoms with Crippen LogP contribution in [0.1, 0.15) is 31.3 Å². The molecule has 0 amide bonds. The number of nitrogens with zero attached hydrogens (tertiary/aromatic N) is 3. The van der Waals surface area contributed by atoms with Gasteiger partial charge in [-0.2, -0.15) is 5.10 Å². The van der Waals surface area contributed by atoms with E-state index >= 15 is 0 Å². The molecular formula is C13H17FN4. The molecule has 0 aliphatic heterocycles. The summed E-state index contributed by atoms with van der Waals surface area (Å²) in [4.78, 5) is 4.13. The topological polar surface area (TPSA) is 42.7 Å². The van der Waals surface area contributed by atoms with E-state index in [1.54, 1.807) is 10.7 Å². The highest BCUT2D eigenvalue weighted by molar-refractivity contribution is 5.21. The molecule has 1 N–H and O–H groups in total. The van der Waals surface area contributed by atoms with Gasteiger partial charge in [-0.1, -0.05) is 0 Å². The normalized spacial score (nSPS) is 12.9. The van der Waals surface area contributed by atoms with Crippen LogP contribution in [0.4, 0.5) is 4.39 Å². The van der Waals surface area contributed by atoms with Crippen LogP contribution in [0.5, 0.6) is 0 Å². The number of hydrogen-bond donors (Lipinski definition) is 1. The molecule has 0 aromatic carbocycles. The molecule has 2 rings (SSSR count). The predicted octanol–water partition coefficient (Wildman–Crippen LogP) is 2.04. The molecule has 1 atom stereocenters. The van der Waals surface area contributed by atoms with E-state index in [2.05, 4.69) is 29.2 Å². The Morgan fingerprint density at radius 1 is 1.22 bits per heavy atom. The predicted molar refractivity (Wildman–Crippen MR) is 67.5 cm³/mol. The smallest absolute Gasteiger partial charge is 0.141 e. The number of halogens is 1. The fourth-order valence-electron chi connectivity index (χ4n) is 1.80. The first kappa shape index (κ1) is 12.7. The quantitative estimate of drug-likeness (QED) is 0.900. The summed E-state index contributed by atoms with van der Waals surface area (Å²) in [5, 5.41) is 7.77. The zero-order valence-corrected chi connectivity index (χ0v) is 10.8.